The molecule has 0 bridgehead atoms. The Morgan fingerprint density at radius 3 is 2.70 bits per heavy atom. The molecule has 162 valence electrons. The van der Waals surface area contributed by atoms with Crippen LogP contribution in [0.4, 0.5) is 4.79 Å². The minimum absolute atomic E-state index is 0.180. The highest BCUT2D eigenvalue weighted by atomic mass is 35.5. The fourth-order valence-corrected chi connectivity index (χ4v) is 3.62. The lowest BCUT2D eigenvalue weighted by Gasteiger charge is -2.13. The van der Waals surface area contributed by atoms with Crippen LogP contribution >= 0.6 is 23.4 Å². The number of ether oxygens (including phenoxy) is 3. The van der Waals surface area contributed by atoms with Crippen LogP contribution in [-0.2, 0) is 14.3 Å². The maximum Gasteiger partial charge on any atom is 0.326 e. The summed E-state index contributed by atoms with van der Waals surface area (Å²) < 4.78 is 16.2. The van der Waals surface area contributed by atoms with Crippen LogP contribution in [0.3, 0.4) is 0 Å². The van der Waals surface area contributed by atoms with Gasteiger partial charge in [0.15, 0.2) is 11.5 Å². The number of hydrogen-bond acceptors (Lipinski definition) is 7. The van der Waals surface area contributed by atoms with E-state index in [0.717, 1.165) is 29.5 Å². The number of imide groups is 1. The van der Waals surface area contributed by atoms with Gasteiger partial charge in [-0.1, -0.05) is 37.6 Å². The van der Waals surface area contributed by atoms with Gasteiger partial charge in [0.1, 0.15) is 13.2 Å². The van der Waals surface area contributed by atoms with Crippen LogP contribution in [0.1, 0.15) is 32.3 Å². The average molecular weight is 454 g/mol. The Hall–Kier alpha value is -2.45. The third kappa shape index (κ3) is 6.27. The summed E-state index contributed by atoms with van der Waals surface area (Å²) in [5, 5.41) is -0.228. The smallest absolute Gasteiger partial charge is 0.326 e. The molecule has 0 unspecified atom stereocenters. The average Bonchev–Trinajstić information content (AvgIpc) is 2.95. The Morgan fingerprint density at radius 2 is 2.03 bits per heavy atom. The second-order valence-corrected chi connectivity index (χ2v) is 7.60. The van der Waals surface area contributed by atoms with Crippen LogP contribution in [0.25, 0.3) is 6.08 Å². The number of esters is 1. The largest absolute Gasteiger partial charge is 0.490 e. The molecule has 1 aliphatic rings. The SMILES string of the molecule is C=CCOc1c(Cl)cc(/C=C2/SC(=O)N(CC(=O)OCCCC)C2=O)cc1OCC. The van der Waals surface area contributed by atoms with Crippen LogP contribution in [-0.4, -0.2) is 48.4 Å². The first-order chi connectivity index (χ1) is 14.4. The number of benzene rings is 1. The molecule has 1 fully saturated rings. The first kappa shape index (κ1) is 23.8. The molecule has 9 heteroatoms. The lowest BCUT2D eigenvalue weighted by atomic mass is 10.1. The number of hydrogen-bond donors (Lipinski definition) is 0. The summed E-state index contributed by atoms with van der Waals surface area (Å²) in [6.45, 7) is 7.89. The van der Waals surface area contributed by atoms with Crippen LogP contribution in [0.15, 0.2) is 29.7 Å². The first-order valence-corrected chi connectivity index (χ1v) is 10.7. The van der Waals surface area contributed by atoms with E-state index in [1.807, 2.05) is 13.8 Å². The Kier molecular flexibility index (Phi) is 9.26. The molecule has 1 saturated heterocycles. The van der Waals surface area contributed by atoms with Gasteiger partial charge in [0, 0.05) is 0 Å². The molecule has 1 aliphatic heterocycles. The van der Waals surface area contributed by atoms with Crippen molar-refractivity contribution in [2.24, 2.45) is 0 Å². The second kappa shape index (κ2) is 11.7. The third-order valence-electron chi connectivity index (χ3n) is 3.90. The fourth-order valence-electron chi connectivity index (χ4n) is 2.51. The van der Waals surface area contributed by atoms with E-state index in [-0.39, 0.29) is 18.1 Å². The molecule has 0 aliphatic carbocycles. The Morgan fingerprint density at radius 1 is 1.27 bits per heavy atom. The zero-order chi connectivity index (χ0) is 22.1. The molecule has 0 atom stereocenters. The maximum atomic E-state index is 12.6. The number of amides is 2. The van der Waals surface area contributed by atoms with E-state index >= 15 is 0 Å². The number of halogens is 1. The molecule has 7 nitrogen and oxygen atoms in total. The summed E-state index contributed by atoms with van der Waals surface area (Å²) in [7, 11) is 0. The van der Waals surface area contributed by atoms with Gasteiger partial charge in [0.25, 0.3) is 11.1 Å². The lowest BCUT2D eigenvalue weighted by molar-refractivity contribution is -0.146. The molecule has 0 aromatic heterocycles. The van der Waals surface area contributed by atoms with Gasteiger partial charge in [-0.15, -0.1) is 0 Å². The first-order valence-electron chi connectivity index (χ1n) is 9.52. The predicted molar refractivity (Wildman–Crippen MR) is 117 cm³/mol. The van der Waals surface area contributed by atoms with Crippen molar-refractivity contribution in [2.75, 3.05) is 26.4 Å². The van der Waals surface area contributed by atoms with Crippen LogP contribution in [0.5, 0.6) is 11.5 Å². The van der Waals surface area contributed by atoms with Crippen molar-refractivity contribution in [3.8, 4) is 11.5 Å². The number of thioether (sulfide) groups is 1. The molecular formula is C21H24ClNO6S. The number of carbonyl (C=O) groups is 3. The standard InChI is InChI=1S/C21H24ClNO6S/c1-4-7-9-28-18(24)13-23-20(25)17(30-21(23)26)12-14-10-15(22)19(29-8-5-2)16(11-14)27-6-3/h5,10-12H,2,4,6-9,13H2,1,3H3/b17-12+. The summed E-state index contributed by atoms with van der Waals surface area (Å²) in [4.78, 5) is 37.7. The van der Waals surface area contributed by atoms with E-state index in [2.05, 4.69) is 6.58 Å². The molecule has 2 rings (SSSR count). The van der Waals surface area contributed by atoms with E-state index < -0.39 is 23.7 Å². The topological polar surface area (TPSA) is 82.1 Å². The number of rotatable bonds is 11. The van der Waals surface area contributed by atoms with Gasteiger partial charge in [-0.3, -0.25) is 19.3 Å². The molecule has 0 N–H and O–H groups in total. The number of unbranched alkanes of at least 4 members (excludes halogenated alkanes) is 1. The normalized spacial score (nSPS) is 14.9. The summed E-state index contributed by atoms with van der Waals surface area (Å²) >= 11 is 7.07. The van der Waals surface area contributed by atoms with Gasteiger partial charge in [0.05, 0.1) is 23.1 Å². The maximum absolute atomic E-state index is 12.6. The minimum Gasteiger partial charge on any atom is -0.490 e. The molecule has 30 heavy (non-hydrogen) atoms. The Bertz CT molecular complexity index is 854. The van der Waals surface area contributed by atoms with Crippen molar-refractivity contribution < 1.29 is 28.6 Å². The summed E-state index contributed by atoms with van der Waals surface area (Å²) in [5.41, 5.74) is 0.561. The molecule has 2 amide bonds. The van der Waals surface area contributed by atoms with E-state index in [1.165, 1.54) is 6.08 Å². The van der Waals surface area contributed by atoms with E-state index in [1.54, 1.807) is 18.2 Å². The van der Waals surface area contributed by atoms with Gasteiger partial charge in [-0.2, -0.15) is 0 Å². The van der Waals surface area contributed by atoms with E-state index in [0.29, 0.717) is 28.7 Å². The van der Waals surface area contributed by atoms with Crippen molar-refractivity contribution in [1.82, 2.24) is 4.90 Å². The van der Waals surface area contributed by atoms with Crippen molar-refractivity contribution in [3.63, 3.8) is 0 Å². The zero-order valence-electron chi connectivity index (χ0n) is 16.9. The van der Waals surface area contributed by atoms with Crippen molar-refractivity contribution in [1.29, 1.82) is 0 Å². The monoisotopic (exact) mass is 453 g/mol. The van der Waals surface area contributed by atoms with Gasteiger partial charge in [-0.05, 0) is 48.9 Å². The quantitative estimate of drug-likeness (QED) is 0.208. The molecule has 1 aromatic rings. The zero-order valence-corrected chi connectivity index (χ0v) is 18.5. The van der Waals surface area contributed by atoms with Crippen LogP contribution in [0, 0.1) is 0 Å². The molecule has 0 saturated carbocycles. The van der Waals surface area contributed by atoms with Crippen LogP contribution < -0.4 is 9.47 Å². The lowest BCUT2D eigenvalue weighted by Crippen LogP contribution is -2.34. The molecule has 1 aromatic carbocycles. The third-order valence-corrected chi connectivity index (χ3v) is 5.08. The summed E-state index contributed by atoms with van der Waals surface area (Å²) in [6, 6.07) is 3.27. The number of nitrogens with zero attached hydrogens (tertiary/aromatic N) is 1. The van der Waals surface area contributed by atoms with Gasteiger partial charge < -0.3 is 14.2 Å². The van der Waals surface area contributed by atoms with Gasteiger partial charge in [-0.25, -0.2) is 0 Å². The molecule has 0 spiro atoms. The van der Waals surface area contributed by atoms with E-state index in [4.69, 9.17) is 25.8 Å². The summed E-state index contributed by atoms with van der Waals surface area (Å²) in [5.74, 6) is -0.383. The van der Waals surface area contributed by atoms with Gasteiger partial charge >= 0.3 is 5.97 Å². The molecule has 1 heterocycles. The molecule has 0 radical (unpaired) electrons. The highest BCUT2D eigenvalue weighted by molar-refractivity contribution is 8.18. The van der Waals surface area contributed by atoms with Crippen LogP contribution in [0.2, 0.25) is 5.02 Å². The number of carbonyl (C=O) groups excluding carboxylic acids is 3. The highest BCUT2D eigenvalue weighted by Gasteiger charge is 2.36. The Balaban J connectivity index is 2.20. The fraction of sp³-hybridized carbons (Fsp3) is 0.381. The molecular weight excluding hydrogens is 430 g/mol. The van der Waals surface area contributed by atoms with Crippen molar-refractivity contribution in [2.45, 2.75) is 26.7 Å². The van der Waals surface area contributed by atoms with Gasteiger partial charge in [0.2, 0.25) is 0 Å². The minimum atomic E-state index is -0.614. The van der Waals surface area contributed by atoms with Crippen molar-refractivity contribution >= 4 is 46.6 Å². The highest BCUT2D eigenvalue weighted by Crippen LogP contribution is 2.39. The predicted octanol–water partition coefficient (Wildman–Crippen LogP) is 4.68. The van der Waals surface area contributed by atoms with Crippen molar-refractivity contribution in [3.05, 3.63) is 40.3 Å². The Labute approximate surface area is 185 Å². The second-order valence-electron chi connectivity index (χ2n) is 6.20. The summed E-state index contributed by atoms with van der Waals surface area (Å²) in [6.07, 6.45) is 4.71. The van der Waals surface area contributed by atoms with E-state index in [9.17, 15) is 14.4 Å².